The minimum absolute atomic E-state index is 0.00200. The van der Waals surface area contributed by atoms with Crippen molar-refractivity contribution < 1.29 is 9.00 Å². The summed E-state index contributed by atoms with van der Waals surface area (Å²) in [6, 6.07) is 6.74. The van der Waals surface area contributed by atoms with Crippen molar-refractivity contribution in [2.75, 3.05) is 18.0 Å². The third-order valence-corrected chi connectivity index (χ3v) is 3.77. The average molecular weight is 268 g/mol. The topological polar surface area (TPSA) is 72.2 Å². The first-order valence-corrected chi connectivity index (χ1v) is 7.31. The highest BCUT2D eigenvalue weighted by molar-refractivity contribution is 7.85. The van der Waals surface area contributed by atoms with Gasteiger partial charge in [0.15, 0.2) is 0 Å². The molecular weight excluding hydrogens is 248 g/mol. The van der Waals surface area contributed by atoms with E-state index < -0.39 is 10.8 Å². The number of amides is 1. The van der Waals surface area contributed by atoms with Crippen molar-refractivity contribution in [3.8, 4) is 0 Å². The molecule has 1 unspecified atom stereocenters. The van der Waals surface area contributed by atoms with Gasteiger partial charge < -0.3 is 11.1 Å². The second kappa shape index (κ2) is 7.16. The number of anilines is 1. The number of nitrogens with two attached hydrogens (primary N) is 1. The van der Waals surface area contributed by atoms with Crippen molar-refractivity contribution in [1.29, 1.82) is 0 Å². The first-order valence-electron chi connectivity index (χ1n) is 5.99. The van der Waals surface area contributed by atoms with Crippen LogP contribution in [0.2, 0.25) is 0 Å². The molecule has 0 saturated heterocycles. The van der Waals surface area contributed by atoms with Crippen LogP contribution in [0.4, 0.5) is 5.69 Å². The highest BCUT2D eigenvalue weighted by atomic mass is 32.2. The van der Waals surface area contributed by atoms with Crippen LogP contribution in [0.1, 0.15) is 20.3 Å². The van der Waals surface area contributed by atoms with Crippen molar-refractivity contribution in [3.05, 3.63) is 24.3 Å². The minimum atomic E-state index is -1.30. The van der Waals surface area contributed by atoms with E-state index >= 15 is 0 Å². The molecule has 0 bridgehead atoms. The Labute approximate surface area is 110 Å². The molecule has 1 aromatic rings. The van der Waals surface area contributed by atoms with Crippen molar-refractivity contribution in [2.24, 2.45) is 5.92 Å². The van der Waals surface area contributed by atoms with Crippen molar-refractivity contribution in [2.45, 2.75) is 25.2 Å². The molecule has 100 valence electrons. The summed E-state index contributed by atoms with van der Waals surface area (Å²) in [7, 11) is -1.30. The number of nitrogen functional groups attached to an aromatic ring is 1. The molecule has 5 heteroatoms. The molecule has 0 radical (unpaired) electrons. The largest absolute Gasteiger partial charge is 0.399 e. The third kappa shape index (κ3) is 5.31. The molecule has 1 aromatic carbocycles. The molecule has 0 spiro atoms. The SMILES string of the molecule is CC(C)CCNC(=O)CS(=O)c1ccc(N)cc1. The number of rotatable bonds is 6. The molecule has 0 aliphatic carbocycles. The van der Waals surface area contributed by atoms with E-state index in [0.717, 1.165) is 6.42 Å². The van der Waals surface area contributed by atoms with Crippen LogP contribution in [0.5, 0.6) is 0 Å². The van der Waals surface area contributed by atoms with Crippen LogP contribution in [0.25, 0.3) is 0 Å². The Balaban J connectivity index is 2.40. The van der Waals surface area contributed by atoms with E-state index in [1.807, 2.05) is 0 Å². The third-order valence-electron chi connectivity index (χ3n) is 2.45. The van der Waals surface area contributed by atoms with Crippen LogP contribution >= 0.6 is 0 Å². The predicted molar refractivity (Wildman–Crippen MR) is 74.6 cm³/mol. The molecule has 0 aliphatic heterocycles. The highest BCUT2D eigenvalue weighted by Crippen LogP contribution is 2.09. The second-order valence-corrected chi connectivity index (χ2v) is 6.04. The summed E-state index contributed by atoms with van der Waals surface area (Å²) in [6.07, 6.45) is 0.931. The van der Waals surface area contributed by atoms with Crippen LogP contribution in [-0.2, 0) is 15.6 Å². The fourth-order valence-corrected chi connectivity index (χ4v) is 2.32. The minimum Gasteiger partial charge on any atom is -0.399 e. The lowest BCUT2D eigenvalue weighted by molar-refractivity contribution is -0.118. The standard InChI is InChI=1S/C13H20N2O2S/c1-10(2)7-8-15-13(16)9-18(17)12-5-3-11(14)4-6-12/h3-6,10H,7-9,14H2,1-2H3,(H,15,16). The van der Waals surface area contributed by atoms with E-state index in [9.17, 15) is 9.00 Å². The van der Waals surface area contributed by atoms with Crippen LogP contribution in [0, 0.1) is 5.92 Å². The van der Waals surface area contributed by atoms with E-state index in [-0.39, 0.29) is 11.7 Å². The van der Waals surface area contributed by atoms with Gasteiger partial charge in [0.2, 0.25) is 5.91 Å². The Morgan fingerprint density at radius 2 is 1.94 bits per heavy atom. The van der Waals surface area contributed by atoms with E-state index in [2.05, 4.69) is 19.2 Å². The van der Waals surface area contributed by atoms with Gasteiger partial charge in [-0.05, 0) is 36.6 Å². The molecule has 1 rings (SSSR count). The number of carbonyl (C=O) groups is 1. The zero-order chi connectivity index (χ0) is 13.5. The van der Waals surface area contributed by atoms with E-state index in [1.54, 1.807) is 24.3 Å². The van der Waals surface area contributed by atoms with E-state index in [0.29, 0.717) is 23.0 Å². The monoisotopic (exact) mass is 268 g/mol. The van der Waals surface area contributed by atoms with Gasteiger partial charge in [-0.3, -0.25) is 9.00 Å². The van der Waals surface area contributed by atoms with Gasteiger partial charge in [0.1, 0.15) is 5.75 Å². The fraction of sp³-hybridized carbons (Fsp3) is 0.462. The highest BCUT2D eigenvalue weighted by Gasteiger charge is 2.09. The lowest BCUT2D eigenvalue weighted by Gasteiger charge is -2.07. The van der Waals surface area contributed by atoms with Gasteiger partial charge >= 0.3 is 0 Å². The van der Waals surface area contributed by atoms with Crippen molar-refractivity contribution in [1.82, 2.24) is 5.32 Å². The van der Waals surface area contributed by atoms with E-state index in [4.69, 9.17) is 5.73 Å². The predicted octanol–water partition coefficient (Wildman–Crippen LogP) is 1.54. The number of carbonyl (C=O) groups excluding carboxylic acids is 1. The summed E-state index contributed by atoms with van der Waals surface area (Å²) in [4.78, 5) is 12.2. The number of hydrogen-bond acceptors (Lipinski definition) is 3. The molecule has 0 fully saturated rings. The maximum atomic E-state index is 11.9. The fourth-order valence-electron chi connectivity index (χ4n) is 1.37. The van der Waals surface area contributed by atoms with Crippen LogP contribution in [0.3, 0.4) is 0 Å². The van der Waals surface area contributed by atoms with Crippen molar-refractivity contribution >= 4 is 22.4 Å². The van der Waals surface area contributed by atoms with Gasteiger partial charge in [0.25, 0.3) is 0 Å². The second-order valence-electron chi connectivity index (χ2n) is 4.59. The van der Waals surface area contributed by atoms with Gasteiger partial charge in [-0.1, -0.05) is 13.8 Å². The first-order chi connectivity index (χ1) is 8.49. The quantitative estimate of drug-likeness (QED) is 0.769. The molecule has 3 N–H and O–H groups in total. The normalized spacial score (nSPS) is 12.4. The molecule has 0 saturated carbocycles. The Kier molecular flexibility index (Phi) is 5.85. The Bertz CT molecular complexity index is 416. The smallest absolute Gasteiger partial charge is 0.232 e. The van der Waals surface area contributed by atoms with E-state index in [1.165, 1.54) is 0 Å². The van der Waals surface area contributed by atoms with Crippen LogP contribution in [0.15, 0.2) is 29.2 Å². The zero-order valence-corrected chi connectivity index (χ0v) is 11.6. The van der Waals surface area contributed by atoms with Gasteiger partial charge in [0.05, 0.1) is 10.8 Å². The van der Waals surface area contributed by atoms with Gasteiger partial charge in [-0.15, -0.1) is 0 Å². The first kappa shape index (κ1) is 14.7. The van der Waals surface area contributed by atoms with Crippen LogP contribution in [-0.4, -0.2) is 22.4 Å². The summed E-state index contributed by atoms with van der Waals surface area (Å²) < 4.78 is 11.9. The van der Waals surface area contributed by atoms with Crippen LogP contribution < -0.4 is 11.1 Å². The van der Waals surface area contributed by atoms with Gasteiger partial charge in [-0.2, -0.15) is 0 Å². The number of hydrogen-bond donors (Lipinski definition) is 2. The maximum absolute atomic E-state index is 11.9. The molecule has 1 atom stereocenters. The average Bonchev–Trinajstić information content (AvgIpc) is 2.29. The maximum Gasteiger partial charge on any atom is 0.232 e. The van der Waals surface area contributed by atoms with Crippen molar-refractivity contribution in [3.63, 3.8) is 0 Å². The lowest BCUT2D eigenvalue weighted by Crippen LogP contribution is -2.29. The molecular formula is C13H20N2O2S. The number of nitrogens with one attached hydrogen (secondary N) is 1. The Hall–Kier alpha value is -1.36. The summed E-state index contributed by atoms with van der Waals surface area (Å²) in [5.41, 5.74) is 6.17. The Morgan fingerprint density at radius 1 is 1.33 bits per heavy atom. The summed E-state index contributed by atoms with van der Waals surface area (Å²) in [5.74, 6) is 0.376. The molecule has 0 heterocycles. The molecule has 4 nitrogen and oxygen atoms in total. The van der Waals surface area contributed by atoms with Gasteiger partial charge in [0, 0.05) is 17.1 Å². The summed E-state index contributed by atoms with van der Waals surface area (Å²) >= 11 is 0. The number of benzene rings is 1. The molecule has 1 amide bonds. The molecule has 0 aliphatic rings. The molecule has 0 aromatic heterocycles. The Morgan fingerprint density at radius 3 is 2.50 bits per heavy atom. The summed E-state index contributed by atoms with van der Waals surface area (Å²) in [6.45, 7) is 4.83. The molecule has 18 heavy (non-hydrogen) atoms. The summed E-state index contributed by atoms with van der Waals surface area (Å²) in [5, 5.41) is 2.77. The van der Waals surface area contributed by atoms with Gasteiger partial charge in [-0.25, -0.2) is 0 Å². The lowest BCUT2D eigenvalue weighted by atomic mass is 10.1. The zero-order valence-electron chi connectivity index (χ0n) is 10.8.